The Morgan fingerprint density at radius 3 is 2.48 bits per heavy atom. The number of hydrogen-bond donors (Lipinski definition) is 1. The molecule has 1 saturated heterocycles. The van der Waals surface area contributed by atoms with Gasteiger partial charge in [0.15, 0.2) is 0 Å². The summed E-state index contributed by atoms with van der Waals surface area (Å²) in [5, 5.41) is 4.34. The average Bonchev–Trinajstić information content (AvgIpc) is 2.96. The Morgan fingerprint density at radius 2 is 1.91 bits per heavy atom. The highest BCUT2D eigenvalue weighted by atomic mass is 79.9. The number of piperidine rings is 1. The first-order valence-electron chi connectivity index (χ1n) is 7.43. The van der Waals surface area contributed by atoms with Gasteiger partial charge in [0.1, 0.15) is 0 Å². The molecule has 0 spiro atoms. The van der Waals surface area contributed by atoms with Crippen LogP contribution in [0.25, 0.3) is 0 Å². The number of carbonyl (C=O) groups excluding carboxylic acids is 1. The Hall–Kier alpha value is -1.53. The van der Waals surface area contributed by atoms with E-state index in [0.717, 1.165) is 41.7 Å². The predicted octanol–water partition coefficient (Wildman–Crippen LogP) is 3.06. The smallest absolute Gasteiger partial charge is 0.226 e. The summed E-state index contributed by atoms with van der Waals surface area (Å²) in [4.78, 5) is 14.3. The Labute approximate surface area is 150 Å². The predicted molar refractivity (Wildman–Crippen MR) is 96.6 cm³/mol. The second-order valence-electron chi connectivity index (χ2n) is 5.67. The normalized spacial score (nSPS) is 15.3. The fourth-order valence-electron chi connectivity index (χ4n) is 2.82. The van der Waals surface area contributed by atoms with Gasteiger partial charge in [0.25, 0.3) is 0 Å². The minimum absolute atomic E-state index is 0. The molecule has 0 bridgehead atoms. The zero-order chi connectivity index (χ0) is 15.5. The summed E-state index contributed by atoms with van der Waals surface area (Å²) in [7, 11) is 0. The molecule has 3 rings (SSSR count). The summed E-state index contributed by atoms with van der Waals surface area (Å²) in [5.74, 6) is 0.185. The number of carbonyl (C=O) groups is 1. The molecule has 1 aliphatic rings. The average molecular weight is 400 g/mol. The number of nitrogen functional groups attached to an aromatic ring is 1. The first kappa shape index (κ1) is 17.8. The molecule has 0 unspecified atom stereocenters. The van der Waals surface area contributed by atoms with Crippen LogP contribution in [-0.2, 0) is 11.2 Å². The molecule has 0 aliphatic carbocycles. The molecule has 5 nitrogen and oxygen atoms in total. The number of rotatable bonds is 3. The van der Waals surface area contributed by atoms with E-state index in [1.54, 1.807) is 6.20 Å². The molecule has 0 saturated carbocycles. The summed E-state index contributed by atoms with van der Waals surface area (Å²) in [6, 6.07) is 7.89. The van der Waals surface area contributed by atoms with Crippen molar-refractivity contribution in [3.8, 4) is 0 Å². The van der Waals surface area contributed by atoms with Crippen molar-refractivity contribution in [2.75, 3.05) is 18.8 Å². The second-order valence-corrected chi connectivity index (χ2v) is 6.58. The molecule has 0 atom stereocenters. The zero-order valence-corrected chi connectivity index (χ0v) is 15.1. The number of halogens is 2. The van der Waals surface area contributed by atoms with Crippen LogP contribution in [0.3, 0.4) is 0 Å². The van der Waals surface area contributed by atoms with Crippen LogP contribution in [0.1, 0.15) is 24.4 Å². The molecule has 1 amide bonds. The first-order valence-corrected chi connectivity index (χ1v) is 8.23. The number of amides is 1. The summed E-state index contributed by atoms with van der Waals surface area (Å²) in [6.07, 6.45) is 6.14. The van der Waals surface area contributed by atoms with E-state index in [9.17, 15) is 4.79 Å². The Morgan fingerprint density at radius 1 is 1.26 bits per heavy atom. The van der Waals surface area contributed by atoms with Crippen molar-refractivity contribution in [3.05, 3.63) is 46.7 Å². The van der Waals surface area contributed by atoms with Crippen molar-refractivity contribution in [3.63, 3.8) is 0 Å². The lowest BCUT2D eigenvalue weighted by molar-refractivity contribution is -0.131. The monoisotopic (exact) mass is 398 g/mol. The standard InChI is InChI=1S/C16H19BrN4O.ClH/c17-13-10-19-21(11-13)15-5-7-20(8-6-15)16(22)9-12-1-3-14(18)4-2-12;/h1-4,10-11,15H,5-9,18H2;1H. The van der Waals surface area contributed by atoms with Crippen molar-refractivity contribution in [2.24, 2.45) is 0 Å². The second kappa shape index (κ2) is 7.84. The third kappa shape index (κ3) is 4.48. The highest BCUT2D eigenvalue weighted by molar-refractivity contribution is 9.10. The Balaban J connectivity index is 0.00000192. The fourth-order valence-corrected chi connectivity index (χ4v) is 3.12. The van der Waals surface area contributed by atoms with Crippen LogP contribution in [0.2, 0.25) is 0 Å². The van der Waals surface area contributed by atoms with Crippen LogP contribution in [0.4, 0.5) is 5.69 Å². The number of aromatic nitrogens is 2. The molecule has 7 heteroatoms. The lowest BCUT2D eigenvalue weighted by Crippen LogP contribution is -2.39. The number of nitrogens with two attached hydrogens (primary N) is 1. The van der Waals surface area contributed by atoms with Gasteiger partial charge in [-0.25, -0.2) is 0 Å². The third-order valence-corrected chi connectivity index (χ3v) is 4.51. The third-order valence-electron chi connectivity index (χ3n) is 4.10. The molecule has 1 aromatic heterocycles. The highest BCUT2D eigenvalue weighted by Gasteiger charge is 2.24. The Kier molecular flexibility index (Phi) is 6.07. The lowest BCUT2D eigenvalue weighted by atomic mass is 10.0. The van der Waals surface area contributed by atoms with Gasteiger partial charge in [0, 0.05) is 25.0 Å². The van der Waals surface area contributed by atoms with E-state index < -0.39 is 0 Å². The fraction of sp³-hybridized carbons (Fsp3) is 0.375. The number of hydrogen-bond acceptors (Lipinski definition) is 3. The van der Waals surface area contributed by atoms with Gasteiger partial charge in [-0.2, -0.15) is 5.10 Å². The molecule has 2 N–H and O–H groups in total. The maximum absolute atomic E-state index is 12.4. The van der Waals surface area contributed by atoms with E-state index >= 15 is 0 Å². The van der Waals surface area contributed by atoms with Gasteiger partial charge in [-0.15, -0.1) is 12.4 Å². The lowest BCUT2D eigenvalue weighted by Gasteiger charge is -2.32. The maximum atomic E-state index is 12.4. The van der Waals surface area contributed by atoms with E-state index in [0.29, 0.717) is 12.5 Å². The van der Waals surface area contributed by atoms with Gasteiger partial charge in [-0.1, -0.05) is 12.1 Å². The van der Waals surface area contributed by atoms with Crippen LogP contribution in [0.15, 0.2) is 41.1 Å². The van der Waals surface area contributed by atoms with Crippen molar-refractivity contribution in [1.29, 1.82) is 0 Å². The molecule has 23 heavy (non-hydrogen) atoms. The topological polar surface area (TPSA) is 64.2 Å². The van der Waals surface area contributed by atoms with Gasteiger partial charge in [0.2, 0.25) is 5.91 Å². The first-order chi connectivity index (χ1) is 10.6. The van der Waals surface area contributed by atoms with E-state index in [1.807, 2.05) is 40.0 Å². The van der Waals surface area contributed by atoms with Gasteiger partial charge in [-0.05, 0) is 46.5 Å². The molecule has 1 aliphatic heterocycles. The van der Waals surface area contributed by atoms with Gasteiger partial charge < -0.3 is 10.6 Å². The molecule has 1 aromatic carbocycles. The highest BCUT2D eigenvalue weighted by Crippen LogP contribution is 2.23. The molecule has 124 valence electrons. The van der Waals surface area contributed by atoms with E-state index in [2.05, 4.69) is 21.0 Å². The number of anilines is 1. The van der Waals surface area contributed by atoms with Crippen molar-refractivity contribution >= 4 is 39.9 Å². The van der Waals surface area contributed by atoms with Crippen LogP contribution in [-0.4, -0.2) is 33.7 Å². The van der Waals surface area contributed by atoms with Crippen molar-refractivity contribution in [2.45, 2.75) is 25.3 Å². The molecule has 2 aromatic rings. The molecule has 1 fully saturated rings. The number of benzene rings is 1. The van der Waals surface area contributed by atoms with E-state index in [1.165, 1.54) is 0 Å². The van der Waals surface area contributed by atoms with Gasteiger partial charge >= 0.3 is 0 Å². The summed E-state index contributed by atoms with van der Waals surface area (Å²) in [5.41, 5.74) is 7.40. The van der Waals surface area contributed by atoms with Crippen molar-refractivity contribution in [1.82, 2.24) is 14.7 Å². The molecule has 0 radical (unpaired) electrons. The zero-order valence-electron chi connectivity index (χ0n) is 12.7. The quantitative estimate of drug-likeness (QED) is 0.807. The van der Waals surface area contributed by atoms with Crippen LogP contribution >= 0.6 is 28.3 Å². The molecular formula is C16H20BrClN4O. The van der Waals surface area contributed by atoms with E-state index in [-0.39, 0.29) is 18.3 Å². The largest absolute Gasteiger partial charge is 0.399 e. The van der Waals surface area contributed by atoms with Gasteiger partial charge in [0.05, 0.1) is 23.1 Å². The number of nitrogens with zero attached hydrogens (tertiary/aromatic N) is 3. The summed E-state index contributed by atoms with van der Waals surface area (Å²) < 4.78 is 2.99. The Bertz CT molecular complexity index is 650. The van der Waals surface area contributed by atoms with Crippen LogP contribution in [0.5, 0.6) is 0 Å². The number of likely N-dealkylation sites (tertiary alicyclic amines) is 1. The minimum atomic E-state index is 0. The minimum Gasteiger partial charge on any atom is -0.399 e. The SMILES string of the molecule is Cl.Nc1ccc(CC(=O)N2CCC(n3cc(Br)cn3)CC2)cc1. The molecular weight excluding hydrogens is 380 g/mol. The van der Waals surface area contributed by atoms with E-state index in [4.69, 9.17) is 5.73 Å². The van der Waals surface area contributed by atoms with Crippen LogP contribution in [0, 0.1) is 0 Å². The summed E-state index contributed by atoms with van der Waals surface area (Å²) in [6.45, 7) is 1.58. The van der Waals surface area contributed by atoms with Gasteiger partial charge in [-0.3, -0.25) is 9.48 Å². The maximum Gasteiger partial charge on any atom is 0.226 e. The molecule has 2 heterocycles. The van der Waals surface area contributed by atoms with Crippen molar-refractivity contribution < 1.29 is 4.79 Å². The van der Waals surface area contributed by atoms with Crippen LogP contribution < -0.4 is 5.73 Å². The summed E-state index contributed by atoms with van der Waals surface area (Å²) >= 11 is 3.42.